The molecule has 0 amide bonds. The summed E-state index contributed by atoms with van der Waals surface area (Å²) in [4.78, 5) is 14.0. The lowest BCUT2D eigenvalue weighted by Crippen LogP contribution is -2.51. The summed E-state index contributed by atoms with van der Waals surface area (Å²) in [5.74, 6) is 0.169. The van der Waals surface area contributed by atoms with Crippen molar-refractivity contribution in [3.63, 3.8) is 0 Å². The van der Waals surface area contributed by atoms with Crippen LogP contribution in [0, 0.1) is 0 Å². The Balaban J connectivity index is 1.91. The highest BCUT2D eigenvalue weighted by atomic mass is 32.2. The van der Waals surface area contributed by atoms with Gasteiger partial charge in [-0.2, -0.15) is 11.8 Å². The summed E-state index contributed by atoms with van der Waals surface area (Å²) in [7, 11) is 0. The fourth-order valence-electron chi connectivity index (χ4n) is 2.60. The molecular formula is C13H15NOS. The van der Waals surface area contributed by atoms with Crippen molar-refractivity contribution in [3.05, 3.63) is 29.8 Å². The SMILES string of the molecule is CC(=O)c1ccccc1N1CC2CC(C1)S2. The van der Waals surface area contributed by atoms with Crippen molar-refractivity contribution in [1.29, 1.82) is 0 Å². The maximum Gasteiger partial charge on any atom is 0.161 e. The maximum absolute atomic E-state index is 11.6. The van der Waals surface area contributed by atoms with Gasteiger partial charge >= 0.3 is 0 Å². The van der Waals surface area contributed by atoms with Crippen LogP contribution in [-0.2, 0) is 0 Å². The molecule has 3 saturated heterocycles. The minimum absolute atomic E-state index is 0.169. The number of ketones is 1. The molecule has 2 unspecified atom stereocenters. The number of anilines is 1. The summed E-state index contributed by atoms with van der Waals surface area (Å²) in [6, 6.07) is 7.98. The molecule has 0 radical (unpaired) electrons. The van der Waals surface area contributed by atoms with Gasteiger partial charge in [0.1, 0.15) is 0 Å². The van der Waals surface area contributed by atoms with Gasteiger partial charge in [-0.15, -0.1) is 0 Å². The minimum Gasteiger partial charge on any atom is -0.369 e. The Morgan fingerprint density at radius 2 is 1.94 bits per heavy atom. The van der Waals surface area contributed by atoms with Crippen LogP contribution in [0.1, 0.15) is 23.7 Å². The third-order valence-corrected chi connectivity index (χ3v) is 4.84. The van der Waals surface area contributed by atoms with Crippen LogP contribution in [0.4, 0.5) is 5.69 Å². The second kappa shape index (κ2) is 3.81. The number of thioether (sulfide) groups is 1. The fraction of sp³-hybridized carbons (Fsp3) is 0.462. The predicted octanol–water partition coefficient (Wildman–Crippen LogP) is 2.58. The highest BCUT2D eigenvalue weighted by Gasteiger charge is 2.38. The second-order valence-corrected chi connectivity index (χ2v) is 6.20. The van der Waals surface area contributed by atoms with Crippen molar-refractivity contribution in [3.8, 4) is 0 Å². The number of piperidine rings is 1. The zero-order valence-electron chi connectivity index (χ0n) is 9.35. The molecule has 3 aliphatic heterocycles. The lowest BCUT2D eigenvalue weighted by molar-refractivity contribution is 0.101. The first-order valence-corrected chi connectivity index (χ1v) is 6.68. The number of carbonyl (C=O) groups excluding carboxylic acids is 1. The molecule has 3 fully saturated rings. The maximum atomic E-state index is 11.6. The number of rotatable bonds is 2. The van der Waals surface area contributed by atoms with Gasteiger partial charge in [0.25, 0.3) is 0 Å². The first-order chi connectivity index (χ1) is 7.74. The van der Waals surface area contributed by atoms with Crippen LogP contribution in [0.3, 0.4) is 0 Å². The Labute approximate surface area is 100 Å². The molecule has 0 saturated carbocycles. The molecular weight excluding hydrogens is 218 g/mol. The van der Waals surface area contributed by atoms with Crippen LogP contribution in [0.5, 0.6) is 0 Å². The van der Waals surface area contributed by atoms with Crippen LogP contribution >= 0.6 is 11.8 Å². The highest BCUT2D eigenvalue weighted by Crippen LogP contribution is 2.43. The van der Waals surface area contributed by atoms with Crippen molar-refractivity contribution in [2.24, 2.45) is 0 Å². The molecule has 16 heavy (non-hydrogen) atoms. The van der Waals surface area contributed by atoms with E-state index in [4.69, 9.17) is 0 Å². The number of nitrogens with zero attached hydrogens (tertiary/aromatic N) is 1. The van der Waals surface area contributed by atoms with Gasteiger partial charge in [-0.25, -0.2) is 0 Å². The first-order valence-electron chi connectivity index (χ1n) is 5.74. The van der Waals surface area contributed by atoms with Crippen LogP contribution in [-0.4, -0.2) is 29.4 Å². The van der Waals surface area contributed by atoms with Gasteiger partial charge in [0, 0.05) is 34.8 Å². The summed E-state index contributed by atoms with van der Waals surface area (Å²) in [5.41, 5.74) is 2.00. The number of carbonyl (C=O) groups is 1. The fourth-order valence-corrected chi connectivity index (χ4v) is 4.00. The third kappa shape index (κ3) is 1.63. The lowest BCUT2D eigenvalue weighted by atomic mass is 10.0. The van der Waals surface area contributed by atoms with Gasteiger partial charge in [0.2, 0.25) is 0 Å². The third-order valence-electron chi connectivity index (χ3n) is 3.38. The Morgan fingerprint density at radius 1 is 1.31 bits per heavy atom. The van der Waals surface area contributed by atoms with Crippen LogP contribution in [0.25, 0.3) is 0 Å². The Kier molecular flexibility index (Phi) is 2.43. The smallest absolute Gasteiger partial charge is 0.161 e. The van der Waals surface area contributed by atoms with Gasteiger partial charge in [-0.1, -0.05) is 12.1 Å². The molecule has 4 rings (SSSR count). The molecule has 0 aliphatic carbocycles. The van der Waals surface area contributed by atoms with Crippen molar-refractivity contribution < 1.29 is 4.79 Å². The number of para-hydroxylation sites is 1. The summed E-state index contributed by atoms with van der Waals surface area (Å²) in [6.45, 7) is 3.86. The van der Waals surface area contributed by atoms with E-state index in [9.17, 15) is 4.79 Å². The number of benzene rings is 1. The van der Waals surface area contributed by atoms with Crippen LogP contribution in [0.2, 0.25) is 0 Å². The van der Waals surface area contributed by atoms with E-state index < -0.39 is 0 Å². The van der Waals surface area contributed by atoms with E-state index in [0.29, 0.717) is 0 Å². The highest BCUT2D eigenvalue weighted by molar-refractivity contribution is 8.02. The number of Topliss-reactive ketones (excluding diaryl/α,β-unsaturated/α-hetero) is 1. The standard InChI is InChI=1S/C13H15NOS/c1-9(15)12-4-2-3-5-13(12)14-7-10-6-11(8-14)16-10/h2-5,10-11H,6-8H2,1H3. The molecule has 0 N–H and O–H groups in total. The van der Waals surface area contributed by atoms with Crippen molar-refractivity contribution in [2.45, 2.75) is 23.8 Å². The number of fused-ring (bicyclic) bond motifs is 2. The first kappa shape index (κ1) is 10.2. The van der Waals surface area contributed by atoms with Gasteiger partial charge in [-0.05, 0) is 25.5 Å². The van der Waals surface area contributed by atoms with E-state index in [0.717, 1.165) is 34.8 Å². The summed E-state index contributed by atoms with van der Waals surface area (Å²) < 4.78 is 0. The van der Waals surface area contributed by atoms with Crippen LogP contribution in [0.15, 0.2) is 24.3 Å². The monoisotopic (exact) mass is 233 g/mol. The van der Waals surface area contributed by atoms with E-state index in [1.54, 1.807) is 6.92 Å². The zero-order valence-corrected chi connectivity index (χ0v) is 10.2. The van der Waals surface area contributed by atoms with E-state index >= 15 is 0 Å². The van der Waals surface area contributed by atoms with Gasteiger partial charge < -0.3 is 4.90 Å². The van der Waals surface area contributed by atoms with Gasteiger partial charge in [-0.3, -0.25) is 4.79 Å². The molecule has 1 aromatic rings. The van der Waals surface area contributed by atoms with E-state index in [-0.39, 0.29) is 5.78 Å². The summed E-state index contributed by atoms with van der Waals surface area (Å²) in [6.07, 6.45) is 1.36. The molecule has 2 bridgehead atoms. The molecule has 84 valence electrons. The quantitative estimate of drug-likeness (QED) is 0.732. The average Bonchev–Trinajstić information content (AvgIpc) is 2.28. The molecule has 1 aromatic carbocycles. The molecule has 0 aromatic heterocycles. The molecule has 3 heteroatoms. The lowest BCUT2D eigenvalue weighted by Gasteiger charge is -2.47. The number of hydrogen-bond donors (Lipinski definition) is 0. The van der Waals surface area contributed by atoms with E-state index in [2.05, 4.69) is 22.7 Å². The van der Waals surface area contributed by atoms with Crippen molar-refractivity contribution in [1.82, 2.24) is 0 Å². The second-order valence-electron chi connectivity index (χ2n) is 4.59. The zero-order chi connectivity index (χ0) is 11.1. The Bertz CT molecular complexity index is 416. The molecule has 3 aliphatic rings. The van der Waals surface area contributed by atoms with Crippen LogP contribution < -0.4 is 4.90 Å². The normalized spacial score (nSPS) is 27.4. The average molecular weight is 233 g/mol. The molecule has 2 atom stereocenters. The number of hydrogen-bond acceptors (Lipinski definition) is 3. The van der Waals surface area contributed by atoms with E-state index in [1.807, 2.05) is 18.2 Å². The minimum atomic E-state index is 0.169. The largest absolute Gasteiger partial charge is 0.369 e. The summed E-state index contributed by atoms with van der Waals surface area (Å²) in [5, 5.41) is 1.58. The van der Waals surface area contributed by atoms with Gasteiger partial charge in [0.05, 0.1) is 0 Å². The molecule has 2 nitrogen and oxygen atoms in total. The molecule has 0 spiro atoms. The summed E-state index contributed by atoms with van der Waals surface area (Å²) >= 11 is 2.10. The Hall–Kier alpha value is -0.960. The van der Waals surface area contributed by atoms with E-state index in [1.165, 1.54) is 6.42 Å². The van der Waals surface area contributed by atoms with Gasteiger partial charge in [0.15, 0.2) is 5.78 Å². The predicted molar refractivity (Wildman–Crippen MR) is 68.4 cm³/mol. The Morgan fingerprint density at radius 3 is 2.56 bits per heavy atom. The van der Waals surface area contributed by atoms with Crippen molar-refractivity contribution >= 4 is 23.2 Å². The molecule has 3 heterocycles. The topological polar surface area (TPSA) is 20.3 Å². The van der Waals surface area contributed by atoms with Crippen molar-refractivity contribution in [2.75, 3.05) is 18.0 Å².